The summed E-state index contributed by atoms with van der Waals surface area (Å²) in [7, 11) is 0. The van der Waals surface area contributed by atoms with Crippen LogP contribution in [0.5, 0.6) is 0 Å². The van der Waals surface area contributed by atoms with Crippen molar-refractivity contribution in [3.05, 3.63) is 34.9 Å². The first-order valence-corrected chi connectivity index (χ1v) is 10.1. The standard InChI is InChI=1S/C17H18ClN3O4S2/c18-11-3-1-10(2-4-11)6-19-16(25)13-5-12(22)7-20(13)14(23)8-21-15(24)9-27-17(21)26/h1-4,12-13,22H,5-9H2,(H,19,25)/t12-,13+/m1/s1. The second-order valence-corrected chi connectivity index (χ2v) is 8.38. The Balaban J connectivity index is 1.61. The maximum atomic E-state index is 12.6. The van der Waals surface area contributed by atoms with Crippen molar-refractivity contribution in [3.63, 3.8) is 0 Å². The number of hydrogen-bond acceptors (Lipinski definition) is 6. The fourth-order valence-corrected chi connectivity index (χ4v) is 4.20. The van der Waals surface area contributed by atoms with Crippen LogP contribution in [0.15, 0.2) is 24.3 Å². The SMILES string of the molecule is O=C(NCc1ccc(Cl)cc1)[C@@H]1C[C@@H](O)CN1C(=O)CN1C(=O)CSC1=S. The molecule has 10 heteroatoms. The van der Waals surface area contributed by atoms with Gasteiger partial charge < -0.3 is 15.3 Å². The predicted molar refractivity (Wildman–Crippen MR) is 106 cm³/mol. The smallest absolute Gasteiger partial charge is 0.243 e. The van der Waals surface area contributed by atoms with Crippen molar-refractivity contribution in [2.24, 2.45) is 0 Å². The largest absolute Gasteiger partial charge is 0.391 e. The molecule has 2 N–H and O–H groups in total. The van der Waals surface area contributed by atoms with Crippen LogP contribution in [0.2, 0.25) is 5.02 Å². The van der Waals surface area contributed by atoms with E-state index in [4.69, 9.17) is 23.8 Å². The average molecular weight is 428 g/mol. The number of β-amino-alcohol motifs (C(OH)–C–C–N with tert-alkyl or cyclic N) is 1. The molecule has 2 aliphatic heterocycles. The van der Waals surface area contributed by atoms with Gasteiger partial charge in [0.15, 0.2) is 0 Å². The van der Waals surface area contributed by atoms with Crippen molar-refractivity contribution in [2.45, 2.75) is 25.1 Å². The molecular weight excluding hydrogens is 410 g/mol. The van der Waals surface area contributed by atoms with Gasteiger partial charge in [-0.25, -0.2) is 0 Å². The first-order valence-electron chi connectivity index (χ1n) is 8.32. The van der Waals surface area contributed by atoms with Crippen LogP contribution in [0.1, 0.15) is 12.0 Å². The molecule has 0 saturated carbocycles. The normalized spacial score (nSPS) is 22.4. The fourth-order valence-electron chi connectivity index (χ4n) is 3.01. The molecule has 2 atom stereocenters. The summed E-state index contributed by atoms with van der Waals surface area (Å²) in [6.07, 6.45) is -0.624. The molecule has 1 aromatic carbocycles. The van der Waals surface area contributed by atoms with E-state index in [-0.39, 0.29) is 43.6 Å². The van der Waals surface area contributed by atoms with E-state index in [0.29, 0.717) is 9.34 Å². The Morgan fingerprint density at radius 1 is 1.33 bits per heavy atom. The van der Waals surface area contributed by atoms with Crippen LogP contribution in [0.3, 0.4) is 0 Å². The molecule has 0 spiro atoms. The lowest BCUT2D eigenvalue weighted by Crippen LogP contribution is -2.49. The molecule has 7 nitrogen and oxygen atoms in total. The van der Waals surface area contributed by atoms with E-state index in [9.17, 15) is 19.5 Å². The summed E-state index contributed by atoms with van der Waals surface area (Å²) in [6.45, 7) is 0.133. The van der Waals surface area contributed by atoms with Gasteiger partial charge in [-0.05, 0) is 17.7 Å². The summed E-state index contributed by atoms with van der Waals surface area (Å²) in [5.41, 5.74) is 0.870. The van der Waals surface area contributed by atoms with Crippen LogP contribution >= 0.6 is 35.6 Å². The van der Waals surface area contributed by atoms with Crippen molar-refractivity contribution in [2.75, 3.05) is 18.8 Å². The van der Waals surface area contributed by atoms with Gasteiger partial charge in [-0.3, -0.25) is 19.3 Å². The van der Waals surface area contributed by atoms with Gasteiger partial charge in [-0.15, -0.1) is 0 Å². The molecule has 2 heterocycles. The zero-order valence-electron chi connectivity index (χ0n) is 14.3. The summed E-state index contributed by atoms with van der Waals surface area (Å²) in [5, 5.41) is 13.3. The Kier molecular flexibility index (Phi) is 6.36. The highest BCUT2D eigenvalue weighted by Crippen LogP contribution is 2.22. The number of nitrogens with one attached hydrogen (secondary N) is 1. The third-order valence-electron chi connectivity index (χ3n) is 4.42. The van der Waals surface area contributed by atoms with Crippen LogP contribution in [0.4, 0.5) is 0 Å². The van der Waals surface area contributed by atoms with Gasteiger partial charge in [0.2, 0.25) is 17.7 Å². The quantitative estimate of drug-likeness (QED) is 0.675. The molecule has 0 aromatic heterocycles. The number of likely N-dealkylation sites (tertiary alicyclic amines) is 1. The third-order valence-corrected chi connectivity index (χ3v) is 6.10. The first kappa shape index (κ1) is 20.1. The Hall–Kier alpha value is -1.68. The maximum Gasteiger partial charge on any atom is 0.243 e. The Morgan fingerprint density at radius 3 is 2.67 bits per heavy atom. The highest BCUT2D eigenvalue weighted by molar-refractivity contribution is 8.23. The van der Waals surface area contributed by atoms with E-state index in [2.05, 4.69) is 5.32 Å². The summed E-state index contributed by atoms with van der Waals surface area (Å²) in [4.78, 5) is 39.6. The molecule has 0 bridgehead atoms. The average Bonchev–Trinajstić information content (AvgIpc) is 3.18. The number of nitrogens with zero attached hydrogens (tertiary/aromatic N) is 2. The lowest BCUT2D eigenvalue weighted by Gasteiger charge is -2.25. The van der Waals surface area contributed by atoms with Crippen molar-refractivity contribution in [1.29, 1.82) is 0 Å². The number of thiocarbonyl (C=S) groups is 1. The number of thioether (sulfide) groups is 1. The first-order chi connectivity index (χ1) is 12.8. The van der Waals surface area contributed by atoms with E-state index in [1.807, 2.05) is 0 Å². The van der Waals surface area contributed by atoms with Crippen molar-refractivity contribution in [3.8, 4) is 0 Å². The van der Waals surface area contributed by atoms with Gasteiger partial charge in [0.1, 0.15) is 16.9 Å². The van der Waals surface area contributed by atoms with E-state index < -0.39 is 18.1 Å². The number of hydrogen-bond donors (Lipinski definition) is 2. The Bertz CT molecular complexity index is 758. The molecule has 0 unspecified atom stereocenters. The minimum Gasteiger partial charge on any atom is -0.391 e. The number of benzene rings is 1. The molecule has 144 valence electrons. The monoisotopic (exact) mass is 427 g/mol. The van der Waals surface area contributed by atoms with E-state index >= 15 is 0 Å². The van der Waals surface area contributed by atoms with Crippen molar-refractivity contribution >= 4 is 57.6 Å². The Morgan fingerprint density at radius 2 is 2.04 bits per heavy atom. The summed E-state index contributed by atoms with van der Waals surface area (Å²) < 4.78 is 0.358. The Labute approximate surface area is 171 Å². The van der Waals surface area contributed by atoms with Crippen LogP contribution in [0, 0.1) is 0 Å². The van der Waals surface area contributed by atoms with Gasteiger partial charge >= 0.3 is 0 Å². The van der Waals surface area contributed by atoms with E-state index in [1.54, 1.807) is 24.3 Å². The molecule has 2 aliphatic rings. The lowest BCUT2D eigenvalue weighted by molar-refractivity contribution is -0.140. The van der Waals surface area contributed by atoms with Gasteiger partial charge in [-0.1, -0.05) is 47.7 Å². The second kappa shape index (κ2) is 8.55. The highest BCUT2D eigenvalue weighted by Gasteiger charge is 2.40. The van der Waals surface area contributed by atoms with Crippen molar-refractivity contribution in [1.82, 2.24) is 15.1 Å². The zero-order chi connectivity index (χ0) is 19.6. The number of aliphatic hydroxyl groups is 1. The molecular formula is C17H18ClN3O4S2. The fraction of sp³-hybridized carbons (Fsp3) is 0.412. The van der Waals surface area contributed by atoms with E-state index in [0.717, 1.165) is 5.56 Å². The predicted octanol–water partition coefficient (Wildman–Crippen LogP) is 0.778. The van der Waals surface area contributed by atoms with Gasteiger partial charge in [0.25, 0.3) is 0 Å². The van der Waals surface area contributed by atoms with Crippen LogP contribution in [-0.2, 0) is 20.9 Å². The maximum absolute atomic E-state index is 12.6. The summed E-state index contributed by atoms with van der Waals surface area (Å²) >= 11 is 12.1. The van der Waals surface area contributed by atoms with E-state index in [1.165, 1.54) is 21.6 Å². The van der Waals surface area contributed by atoms with Crippen LogP contribution < -0.4 is 5.32 Å². The molecule has 3 amide bonds. The third kappa shape index (κ3) is 4.78. The molecule has 3 rings (SSSR count). The van der Waals surface area contributed by atoms with Crippen molar-refractivity contribution < 1.29 is 19.5 Å². The number of carbonyl (C=O) groups excluding carboxylic acids is 3. The number of amides is 3. The van der Waals surface area contributed by atoms with Gasteiger partial charge in [-0.2, -0.15) is 0 Å². The number of aliphatic hydroxyl groups excluding tert-OH is 1. The summed E-state index contributed by atoms with van der Waals surface area (Å²) in [5.74, 6) is -0.752. The van der Waals surface area contributed by atoms with Gasteiger partial charge in [0, 0.05) is 24.5 Å². The molecule has 2 saturated heterocycles. The minimum atomic E-state index is -0.782. The van der Waals surface area contributed by atoms with Crippen LogP contribution in [-0.4, -0.2) is 67.9 Å². The minimum absolute atomic E-state index is 0.0554. The number of carbonyl (C=O) groups is 3. The van der Waals surface area contributed by atoms with Crippen LogP contribution in [0.25, 0.3) is 0 Å². The second-order valence-electron chi connectivity index (χ2n) is 6.33. The molecule has 1 aromatic rings. The molecule has 0 radical (unpaired) electrons. The lowest BCUT2D eigenvalue weighted by atomic mass is 10.1. The number of halogens is 1. The highest BCUT2D eigenvalue weighted by atomic mass is 35.5. The van der Waals surface area contributed by atoms with Gasteiger partial charge in [0.05, 0.1) is 11.9 Å². The number of rotatable bonds is 5. The zero-order valence-corrected chi connectivity index (χ0v) is 16.6. The molecule has 27 heavy (non-hydrogen) atoms. The molecule has 0 aliphatic carbocycles. The topological polar surface area (TPSA) is 89.9 Å². The molecule has 2 fully saturated rings. The summed E-state index contributed by atoms with van der Waals surface area (Å²) in [6, 6.07) is 6.27.